The number of hydrogen-bond donors (Lipinski definition) is 1. The fraction of sp³-hybridized carbons (Fsp3) is 0. The molecule has 0 bridgehead atoms. The number of benzene rings is 1. The van der Waals surface area contributed by atoms with Crippen molar-refractivity contribution in [3.8, 4) is 0 Å². The van der Waals surface area contributed by atoms with Gasteiger partial charge in [0.1, 0.15) is 10.8 Å². The molecule has 0 saturated heterocycles. The highest BCUT2D eigenvalue weighted by atomic mass is 79.9. The highest BCUT2D eigenvalue weighted by molar-refractivity contribution is 9.10. The molecule has 0 aliphatic rings. The molecule has 1 heterocycles. The minimum Gasteiger partial charge on any atom is -0.478 e. The molecule has 2 rings (SSSR count). The van der Waals surface area contributed by atoms with Crippen LogP contribution in [0.2, 0.25) is 0 Å². The second kappa shape index (κ2) is 6.19. The normalized spacial score (nSPS) is 10.4. The number of nitro groups is 1. The predicted octanol–water partition coefficient (Wildman–Crippen LogP) is 3.74. The molecule has 0 amide bonds. The molecule has 0 unspecified atom stereocenters. The topological polar surface area (TPSA) is 93.3 Å². The van der Waals surface area contributed by atoms with Crippen LogP contribution in [0.15, 0.2) is 44.9 Å². The van der Waals surface area contributed by atoms with Crippen LogP contribution in [-0.2, 0) is 0 Å². The van der Waals surface area contributed by atoms with E-state index >= 15 is 0 Å². The van der Waals surface area contributed by atoms with Gasteiger partial charge in [-0.05, 0) is 34.1 Å². The molecule has 2 aromatic rings. The molecule has 0 aliphatic carbocycles. The summed E-state index contributed by atoms with van der Waals surface area (Å²) in [6, 6.07) is 4.88. The molecule has 1 aromatic carbocycles. The molecule has 1 aromatic heterocycles. The van der Waals surface area contributed by atoms with E-state index in [4.69, 9.17) is 5.11 Å². The third-order valence-electron chi connectivity index (χ3n) is 2.41. The van der Waals surface area contributed by atoms with Crippen molar-refractivity contribution in [1.29, 1.82) is 0 Å². The van der Waals surface area contributed by atoms with E-state index in [0.717, 1.165) is 17.8 Å². The zero-order chi connectivity index (χ0) is 15.6. The van der Waals surface area contributed by atoms with Crippen molar-refractivity contribution in [2.75, 3.05) is 0 Å². The first-order chi connectivity index (χ1) is 9.90. The molecule has 0 saturated carbocycles. The third kappa shape index (κ3) is 3.37. The Balaban J connectivity index is 2.55. The summed E-state index contributed by atoms with van der Waals surface area (Å²) in [5.41, 5.74) is -1.14. The van der Waals surface area contributed by atoms with Gasteiger partial charge in [0, 0.05) is 6.20 Å². The average molecular weight is 373 g/mol. The van der Waals surface area contributed by atoms with Crippen LogP contribution in [-0.4, -0.2) is 21.0 Å². The maximum atomic E-state index is 13.5. The highest BCUT2D eigenvalue weighted by Gasteiger charge is 2.23. The van der Waals surface area contributed by atoms with Gasteiger partial charge in [-0.2, -0.15) is 0 Å². The lowest BCUT2D eigenvalue weighted by Gasteiger charge is -2.06. The van der Waals surface area contributed by atoms with Crippen LogP contribution in [0.1, 0.15) is 10.4 Å². The second-order valence-corrected chi connectivity index (χ2v) is 5.64. The Labute approximate surface area is 130 Å². The van der Waals surface area contributed by atoms with E-state index in [9.17, 15) is 19.3 Å². The highest BCUT2D eigenvalue weighted by Crippen LogP contribution is 2.38. The van der Waals surface area contributed by atoms with Gasteiger partial charge in [-0.1, -0.05) is 11.8 Å². The molecule has 21 heavy (non-hydrogen) atoms. The number of pyridine rings is 1. The van der Waals surface area contributed by atoms with Crippen LogP contribution in [0.5, 0.6) is 0 Å². The van der Waals surface area contributed by atoms with Crippen molar-refractivity contribution >= 4 is 39.3 Å². The summed E-state index contributed by atoms with van der Waals surface area (Å²) in [4.78, 5) is 25.2. The van der Waals surface area contributed by atoms with Crippen molar-refractivity contribution in [3.63, 3.8) is 0 Å². The molecule has 108 valence electrons. The molecule has 1 N–H and O–H groups in total. The monoisotopic (exact) mass is 372 g/mol. The van der Waals surface area contributed by atoms with Crippen LogP contribution in [0.25, 0.3) is 0 Å². The standard InChI is InChI=1S/C12H6BrFN2O4S/c13-7-2-1-3-15-11(7)21-10-4-6(12(17)18)8(14)5-9(10)16(19)20/h1-5H,(H,17,18). The summed E-state index contributed by atoms with van der Waals surface area (Å²) in [6.45, 7) is 0. The van der Waals surface area contributed by atoms with Crippen molar-refractivity contribution < 1.29 is 19.2 Å². The van der Waals surface area contributed by atoms with Gasteiger partial charge in [0.05, 0.1) is 25.9 Å². The van der Waals surface area contributed by atoms with E-state index in [0.29, 0.717) is 15.6 Å². The molecular weight excluding hydrogens is 367 g/mol. The van der Waals surface area contributed by atoms with E-state index in [1.165, 1.54) is 6.20 Å². The SMILES string of the molecule is O=C(O)c1cc(Sc2ncccc2Br)c([N+](=O)[O-])cc1F. The summed E-state index contributed by atoms with van der Waals surface area (Å²) >= 11 is 4.11. The Morgan fingerprint density at radius 2 is 2.19 bits per heavy atom. The fourth-order valence-corrected chi connectivity index (χ4v) is 2.88. The van der Waals surface area contributed by atoms with Gasteiger partial charge < -0.3 is 5.11 Å². The van der Waals surface area contributed by atoms with Gasteiger partial charge in [0.2, 0.25) is 0 Å². The number of aromatic carboxylic acids is 1. The van der Waals surface area contributed by atoms with Crippen molar-refractivity contribution in [2.45, 2.75) is 9.92 Å². The zero-order valence-electron chi connectivity index (χ0n) is 10.1. The number of nitro benzene ring substituents is 1. The van der Waals surface area contributed by atoms with Crippen molar-refractivity contribution in [2.24, 2.45) is 0 Å². The average Bonchev–Trinajstić information content (AvgIpc) is 2.42. The van der Waals surface area contributed by atoms with Gasteiger partial charge in [-0.3, -0.25) is 10.1 Å². The number of aromatic nitrogens is 1. The summed E-state index contributed by atoms with van der Waals surface area (Å²) < 4.78 is 14.1. The number of hydrogen-bond acceptors (Lipinski definition) is 5. The van der Waals surface area contributed by atoms with E-state index in [2.05, 4.69) is 20.9 Å². The smallest absolute Gasteiger partial charge is 0.338 e. The molecule has 6 nitrogen and oxygen atoms in total. The number of halogens is 2. The molecule has 9 heteroatoms. The first-order valence-electron chi connectivity index (χ1n) is 5.39. The van der Waals surface area contributed by atoms with E-state index < -0.39 is 28.0 Å². The number of carbonyl (C=O) groups is 1. The summed E-state index contributed by atoms with van der Waals surface area (Å²) in [5.74, 6) is -2.65. The Hall–Kier alpha value is -2.00. The Bertz CT molecular complexity index is 741. The van der Waals surface area contributed by atoms with Crippen molar-refractivity contribution in [1.82, 2.24) is 4.98 Å². The lowest BCUT2D eigenvalue weighted by molar-refractivity contribution is -0.387. The summed E-state index contributed by atoms with van der Waals surface area (Å²) in [6.07, 6.45) is 1.49. The maximum absolute atomic E-state index is 13.5. The number of carboxylic acids is 1. The Kier molecular flexibility index (Phi) is 4.53. The quantitative estimate of drug-likeness (QED) is 0.648. The lowest BCUT2D eigenvalue weighted by Crippen LogP contribution is -2.03. The fourth-order valence-electron chi connectivity index (χ4n) is 1.48. The second-order valence-electron chi connectivity index (χ2n) is 3.75. The third-order valence-corrected chi connectivity index (χ3v) is 4.38. The van der Waals surface area contributed by atoms with Crippen LogP contribution >= 0.6 is 27.7 Å². The van der Waals surface area contributed by atoms with Gasteiger partial charge in [-0.25, -0.2) is 14.2 Å². The molecule has 0 spiro atoms. The van der Waals surface area contributed by atoms with Gasteiger partial charge in [0.15, 0.2) is 0 Å². The maximum Gasteiger partial charge on any atom is 0.338 e. The van der Waals surface area contributed by atoms with Crippen molar-refractivity contribution in [3.05, 3.63) is 56.4 Å². The van der Waals surface area contributed by atoms with E-state index in [-0.39, 0.29) is 4.90 Å². The zero-order valence-corrected chi connectivity index (χ0v) is 12.5. The number of nitrogens with zero attached hydrogens (tertiary/aromatic N) is 2. The minimum absolute atomic E-state index is 0.00167. The Morgan fingerprint density at radius 3 is 2.76 bits per heavy atom. The molecule has 0 radical (unpaired) electrons. The van der Waals surface area contributed by atoms with Gasteiger partial charge in [0.25, 0.3) is 5.69 Å². The summed E-state index contributed by atoms with van der Waals surface area (Å²) in [7, 11) is 0. The molecule has 0 atom stereocenters. The lowest BCUT2D eigenvalue weighted by atomic mass is 10.2. The van der Waals surface area contributed by atoms with Gasteiger partial charge in [-0.15, -0.1) is 0 Å². The summed E-state index contributed by atoms with van der Waals surface area (Å²) in [5, 5.41) is 20.3. The van der Waals surface area contributed by atoms with Crippen LogP contribution in [0, 0.1) is 15.9 Å². The minimum atomic E-state index is -1.50. The predicted molar refractivity (Wildman–Crippen MR) is 76.1 cm³/mol. The molecule has 0 fully saturated rings. The largest absolute Gasteiger partial charge is 0.478 e. The molecule has 0 aliphatic heterocycles. The van der Waals surface area contributed by atoms with Crippen LogP contribution in [0.4, 0.5) is 10.1 Å². The first kappa shape index (κ1) is 15.4. The van der Waals surface area contributed by atoms with Gasteiger partial charge >= 0.3 is 5.97 Å². The number of rotatable bonds is 4. The molecular formula is C12H6BrFN2O4S. The van der Waals surface area contributed by atoms with Crippen LogP contribution in [0.3, 0.4) is 0 Å². The van der Waals surface area contributed by atoms with E-state index in [1.54, 1.807) is 12.1 Å². The first-order valence-corrected chi connectivity index (χ1v) is 7.00. The number of carboxylic acid groups (broad SMARTS) is 1. The van der Waals surface area contributed by atoms with Crippen LogP contribution < -0.4 is 0 Å². The van der Waals surface area contributed by atoms with E-state index in [1.807, 2.05) is 0 Å². The Morgan fingerprint density at radius 1 is 1.48 bits per heavy atom.